The van der Waals surface area contributed by atoms with E-state index in [0.29, 0.717) is 22.6 Å². The van der Waals surface area contributed by atoms with Gasteiger partial charge in [-0.05, 0) is 24.6 Å². The Morgan fingerprint density at radius 3 is 2.78 bits per heavy atom. The van der Waals surface area contributed by atoms with E-state index in [4.69, 9.17) is 0 Å². The number of urea groups is 1. The zero-order chi connectivity index (χ0) is 12.9. The van der Waals surface area contributed by atoms with Crippen molar-refractivity contribution < 1.29 is 13.8 Å². The summed E-state index contributed by atoms with van der Waals surface area (Å²) < 4.78 is 12.8. The van der Waals surface area contributed by atoms with Gasteiger partial charge in [0.2, 0.25) is 0 Å². The molecule has 2 aliphatic rings. The van der Waals surface area contributed by atoms with Crippen molar-refractivity contribution in [2.45, 2.75) is 16.9 Å². The number of rotatable bonds is 0. The van der Waals surface area contributed by atoms with Crippen molar-refractivity contribution in [2.24, 2.45) is 0 Å². The van der Waals surface area contributed by atoms with E-state index in [1.54, 1.807) is 18.2 Å². The minimum atomic E-state index is -1.12. The van der Waals surface area contributed by atoms with Crippen molar-refractivity contribution in [1.29, 1.82) is 0 Å². The summed E-state index contributed by atoms with van der Waals surface area (Å²) in [5.41, 5.74) is -0.450. The Morgan fingerprint density at radius 2 is 2.11 bits per heavy atom. The van der Waals surface area contributed by atoms with Gasteiger partial charge in [0, 0.05) is 20.7 Å². The molecule has 94 valence electrons. The minimum absolute atomic E-state index is 0.348. The molecule has 0 bridgehead atoms. The van der Waals surface area contributed by atoms with Crippen molar-refractivity contribution in [3.8, 4) is 0 Å². The highest BCUT2D eigenvalue weighted by Crippen LogP contribution is 2.38. The van der Waals surface area contributed by atoms with Crippen LogP contribution < -0.4 is 10.6 Å². The molecule has 3 amide bonds. The summed E-state index contributed by atoms with van der Waals surface area (Å²) in [4.78, 5) is 24.0. The lowest BCUT2D eigenvalue weighted by atomic mass is 9.87. The maximum Gasteiger partial charge on any atom is 0.322 e. The van der Waals surface area contributed by atoms with Gasteiger partial charge < -0.3 is 5.32 Å². The highest BCUT2D eigenvalue weighted by Gasteiger charge is 2.51. The van der Waals surface area contributed by atoms with Crippen molar-refractivity contribution in [3.63, 3.8) is 0 Å². The van der Waals surface area contributed by atoms with Gasteiger partial charge in [0.15, 0.2) is 0 Å². The molecule has 2 heterocycles. The van der Waals surface area contributed by atoms with E-state index < -0.39 is 22.4 Å². The molecule has 2 N–H and O–H groups in total. The number of carbonyl (C=O) groups is 2. The summed E-state index contributed by atoms with van der Waals surface area (Å²) in [6, 6.07) is 4.76. The molecular weight excluding hydrogens is 320 g/mol. The second-order valence-corrected chi connectivity index (χ2v) is 6.71. The average molecular weight is 329 g/mol. The molecule has 1 fully saturated rings. The standard InChI is InChI=1S/C11H9BrN2O3S/c12-6-1-2-8-7(5-6)11(3-4-18(8)17)9(15)13-10(16)14-11/h1-2,5H,3-4H2,(H2,13,14,15,16). The van der Waals surface area contributed by atoms with Gasteiger partial charge in [0.25, 0.3) is 5.91 Å². The van der Waals surface area contributed by atoms with Gasteiger partial charge in [0.1, 0.15) is 5.54 Å². The van der Waals surface area contributed by atoms with Crippen LogP contribution in [-0.2, 0) is 21.1 Å². The zero-order valence-corrected chi connectivity index (χ0v) is 11.6. The second-order valence-electron chi connectivity index (χ2n) is 4.25. The van der Waals surface area contributed by atoms with E-state index in [-0.39, 0.29) is 5.91 Å². The molecule has 0 aliphatic carbocycles. The first kappa shape index (κ1) is 11.9. The first-order valence-electron chi connectivity index (χ1n) is 5.35. The van der Waals surface area contributed by atoms with Gasteiger partial charge in [-0.1, -0.05) is 15.9 Å². The fourth-order valence-electron chi connectivity index (χ4n) is 2.38. The van der Waals surface area contributed by atoms with Crippen molar-refractivity contribution >= 4 is 38.7 Å². The van der Waals surface area contributed by atoms with E-state index in [9.17, 15) is 13.8 Å². The highest BCUT2D eigenvalue weighted by atomic mass is 79.9. The number of hydrogen-bond donors (Lipinski definition) is 2. The van der Waals surface area contributed by atoms with E-state index in [1.807, 2.05) is 0 Å². The zero-order valence-electron chi connectivity index (χ0n) is 9.16. The van der Waals surface area contributed by atoms with Crippen LogP contribution in [-0.4, -0.2) is 21.9 Å². The van der Waals surface area contributed by atoms with Gasteiger partial charge >= 0.3 is 6.03 Å². The van der Waals surface area contributed by atoms with Crippen LogP contribution in [0.4, 0.5) is 4.79 Å². The molecule has 2 atom stereocenters. The second kappa shape index (κ2) is 3.89. The molecule has 1 aromatic rings. The Bertz CT molecular complexity index is 604. The maximum absolute atomic E-state index is 12.0. The molecule has 1 aromatic carbocycles. The number of amides is 3. The molecule has 7 heteroatoms. The minimum Gasteiger partial charge on any atom is -0.319 e. The van der Waals surface area contributed by atoms with E-state index >= 15 is 0 Å². The van der Waals surface area contributed by atoms with Crippen LogP contribution in [0, 0.1) is 0 Å². The Hall–Kier alpha value is -1.21. The summed E-state index contributed by atoms with van der Waals surface area (Å²) in [5.74, 6) is -0.00829. The Kier molecular flexibility index (Phi) is 2.56. The summed E-state index contributed by atoms with van der Waals surface area (Å²) >= 11 is 3.33. The molecule has 1 spiro atoms. The van der Waals surface area contributed by atoms with Gasteiger partial charge in [0.05, 0.1) is 10.8 Å². The monoisotopic (exact) mass is 328 g/mol. The van der Waals surface area contributed by atoms with E-state index in [0.717, 1.165) is 4.47 Å². The fraction of sp³-hybridized carbons (Fsp3) is 0.273. The Labute approximate surface area is 114 Å². The Morgan fingerprint density at radius 1 is 1.33 bits per heavy atom. The highest BCUT2D eigenvalue weighted by molar-refractivity contribution is 9.10. The van der Waals surface area contributed by atoms with Crippen LogP contribution in [0.3, 0.4) is 0 Å². The molecule has 18 heavy (non-hydrogen) atoms. The molecule has 0 radical (unpaired) electrons. The summed E-state index contributed by atoms with van der Waals surface area (Å²) in [6.07, 6.45) is 0.348. The van der Waals surface area contributed by atoms with Crippen molar-refractivity contribution in [1.82, 2.24) is 10.6 Å². The van der Waals surface area contributed by atoms with Gasteiger partial charge in [-0.2, -0.15) is 0 Å². The number of fused-ring (bicyclic) bond motifs is 2. The predicted octanol–water partition coefficient (Wildman–Crippen LogP) is 0.995. The quantitative estimate of drug-likeness (QED) is 0.697. The van der Waals surface area contributed by atoms with Gasteiger partial charge in [-0.15, -0.1) is 0 Å². The topological polar surface area (TPSA) is 75.3 Å². The number of hydrogen-bond acceptors (Lipinski definition) is 3. The smallest absolute Gasteiger partial charge is 0.319 e. The third-order valence-electron chi connectivity index (χ3n) is 3.25. The van der Waals surface area contributed by atoms with Gasteiger partial charge in [-0.25, -0.2) is 4.79 Å². The van der Waals surface area contributed by atoms with Crippen molar-refractivity contribution in [3.05, 3.63) is 28.2 Å². The number of nitrogens with one attached hydrogen (secondary N) is 2. The van der Waals surface area contributed by atoms with E-state index in [1.165, 1.54) is 0 Å². The van der Waals surface area contributed by atoms with Crippen LogP contribution in [0.15, 0.2) is 27.6 Å². The molecule has 0 aromatic heterocycles. The third kappa shape index (κ3) is 1.54. The molecule has 1 saturated heterocycles. The summed E-state index contributed by atoms with van der Waals surface area (Å²) in [7, 11) is -1.12. The van der Waals surface area contributed by atoms with Gasteiger partial charge in [-0.3, -0.25) is 14.3 Å². The fourth-order valence-corrected chi connectivity index (χ4v) is 4.15. The lowest BCUT2D eigenvalue weighted by Gasteiger charge is -2.32. The normalized spacial score (nSPS) is 29.9. The third-order valence-corrected chi connectivity index (χ3v) is 5.17. The molecule has 2 unspecified atom stereocenters. The van der Waals surface area contributed by atoms with Crippen LogP contribution in [0.1, 0.15) is 12.0 Å². The maximum atomic E-state index is 12.0. The van der Waals surface area contributed by atoms with Crippen LogP contribution in [0.25, 0.3) is 0 Å². The lowest BCUT2D eigenvalue weighted by Crippen LogP contribution is -2.47. The largest absolute Gasteiger partial charge is 0.322 e. The lowest BCUT2D eigenvalue weighted by molar-refractivity contribution is -0.124. The van der Waals surface area contributed by atoms with Crippen molar-refractivity contribution in [2.75, 3.05) is 5.75 Å². The molecular formula is C11H9BrN2O3S. The first-order chi connectivity index (χ1) is 8.53. The average Bonchev–Trinajstić information content (AvgIpc) is 2.60. The number of imide groups is 1. The number of carbonyl (C=O) groups excluding carboxylic acids is 2. The number of halogens is 1. The van der Waals surface area contributed by atoms with Crippen LogP contribution in [0.5, 0.6) is 0 Å². The molecule has 5 nitrogen and oxygen atoms in total. The number of benzene rings is 1. The molecule has 0 saturated carbocycles. The predicted molar refractivity (Wildman–Crippen MR) is 68.4 cm³/mol. The summed E-state index contributed by atoms with van der Waals surface area (Å²) in [6.45, 7) is 0. The molecule has 3 rings (SSSR count). The first-order valence-corrected chi connectivity index (χ1v) is 7.46. The molecule has 2 aliphatic heterocycles. The SMILES string of the molecule is O=C1NC(=O)C2(CCS(=O)c3ccc(Br)cc32)N1. The Balaban J connectivity index is 2.24. The van der Waals surface area contributed by atoms with E-state index in [2.05, 4.69) is 26.6 Å². The van der Waals surface area contributed by atoms with Crippen LogP contribution in [0.2, 0.25) is 0 Å². The van der Waals surface area contributed by atoms with Crippen LogP contribution >= 0.6 is 15.9 Å². The summed E-state index contributed by atoms with van der Waals surface area (Å²) in [5, 5.41) is 4.92.